The van der Waals surface area contributed by atoms with E-state index in [1.807, 2.05) is 13.8 Å². The quantitative estimate of drug-likeness (QED) is 0.763. The fraction of sp³-hybridized carbons (Fsp3) is 0.727. The van der Waals surface area contributed by atoms with Gasteiger partial charge in [-0.1, -0.05) is 0 Å². The van der Waals surface area contributed by atoms with E-state index >= 15 is 0 Å². The van der Waals surface area contributed by atoms with Crippen LogP contribution in [0.1, 0.15) is 84.5 Å². The molecule has 0 spiro atoms. The molecule has 27 heavy (non-hydrogen) atoms. The number of hydrogen-bond acceptors (Lipinski definition) is 3. The van der Waals surface area contributed by atoms with E-state index in [-0.39, 0.29) is 17.4 Å². The van der Waals surface area contributed by atoms with Gasteiger partial charge in [-0.2, -0.15) is 0 Å². The van der Waals surface area contributed by atoms with E-state index < -0.39 is 5.97 Å². The molecule has 4 aliphatic carbocycles. The molecule has 1 amide bonds. The molecule has 4 fully saturated rings. The zero-order valence-corrected chi connectivity index (χ0v) is 17.0. The molecule has 1 atom stereocenters. The summed E-state index contributed by atoms with van der Waals surface area (Å²) in [5.41, 5.74) is 2.66. The Kier molecular flexibility index (Phi) is 4.59. The van der Waals surface area contributed by atoms with Gasteiger partial charge < -0.3 is 15.0 Å². The number of H-pyrrole nitrogens is 1. The standard InChI is InChI=1S/C22H32N2O3/c1-5-27-21(26)19-12(2)18(13(3)23-19)20(25)24-14(4)22-9-15-6-16(10-22)8-17(7-15)11-22/h14-17,23H,5-11H2,1-4H3,(H,24,25)/t14-,15?,16?,17?,22?/m1/s1. The second-order valence-corrected chi connectivity index (χ2v) is 9.32. The lowest BCUT2D eigenvalue weighted by molar-refractivity contribution is -0.0688. The highest BCUT2D eigenvalue weighted by Crippen LogP contribution is 2.61. The highest BCUT2D eigenvalue weighted by Gasteiger charge is 2.53. The Labute approximate surface area is 161 Å². The lowest BCUT2D eigenvalue weighted by atomic mass is 9.48. The number of aryl methyl sites for hydroxylation is 1. The molecule has 5 nitrogen and oxygen atoms in total. The molecular weight excluding hydrogens is 340 g/mol. The number of amides is 1. The Morgan fingerprint density at radius 2 is 1.70 bits per heavy atom. The Bertz CT molecular complexity index is 729. The Hall–Kier alpha value is -1.78. The number of hydrogen-bond donors (Lipinski definition) is 2. The van der Waals surface area contributed by atoms with Crippen molar-refractivity contribution in [3.05, 3.63) is 22.5 Å². The van der Waals surface area contributed by atoms with Crippen molar-refractivity contribution >= 4 is 11.9 Å². The molecule has 4 saturated carbocycles. The van der Waals surface area contributed by atoms with Crippen molar-refractivity contribution in [2.24, 2.45) is 23.2 Å². The molecule has 2 N–H and O–H groups in total. The SMILES string of the molecule is CCOC(=O)c1[nH]c(C)c(C(=O)N[C@H](C)C23CC4CC(CC(C4)C2)C3)c1C. The Balaban J connectivity index is 1.52. The summed E-state index contributed by atoms with van der Waals surface area (Å²) in [6.07, 6.45) is 8.00. The molecule has 1 aromatic rings. The van der Waals surface area contributed by atoms with Crippen LogP contribution in [-0.4, -0.2) is 29.5 Å². The predicted molar refractivity (Wildman–Crippen MR) is 104 cm³/mol. The smallest absolute Gasteiger partial charge is 0.355 e. The van der Waals surface area contributed by atoms with Crippen LogP contribution in [0.25, 0.3) is 0 Å². The van der Waals surface area contributed by atoms with Crippen LogP contribution < -0.4 is 5.32 Å². The average Bonchev–Trinajstić information content (AvgIpc) is 2.88. The summed E-state index contributed by atoms with van der Waals surface area (Å²) in [7, 11) is 0. The molecule has 4 bridgehead atoms. The van der Waals surface area contributed by atoms with Gasteiger partial charge in [0.2, 0.25) is 0 Å². The van der Waals surface area contributed by atoms with Gasteiger partial charge in [-0.05, 0) is 95.0 Å². The number of aromatic amines is 1. The molecule has 1 aromatic heterocycles. The van der Waals surface area contributed by atoms with Crippen molar-refractivity contribution < 1.29 is 14.3 Å². The summed E-state index contributed by atoms with van der Waals surface area (Å²) in [5.74, 6) is 2.12. The van der Waals surface area contributed by atoms with Crippen LogP contribution in [0.5, 0.6) is 0 Å². The van der Waals surface area contributed by atoms with Crippen LogP contribution in [0.2, 0.25) is 0 Å². The third-order valence-electron chi connectivity index (χ3n) is 7.50. The second kappa shape index (κ2) is 6.68. The van der Waals surface area contributed by atoms with Crippen LogP contribution in [0.15, 0.2) is 0 Å². The fourth-order valence-corrected chi connectivity index (χ4v) is 6.63. The van der Waals surface area contributed by atoms with E-state index in [0.717, 1.165) is 23.4 Å². The zero-order valence-electron chi connectivity index (χ0n) is 17.0. The molecule has 0 saturated heterocycles. The highest BCUT2D eigenvalue weighted by atomic mass is 16.5. The summed E-state index contributed by atoms with van der Waals surface area (Å²) in [6, 6.07) is 0.165. The maximum atomic E-state index is 13.1. The number of esters is 1. The number of nitrogens with one attached hydrogen (secondary N) is 2. The minimum atomic E-state index is -0.397. The van der Waals surface area contributed by atoms with Crippen molar-refractivity contribution in [2.75, 3.05) is 6.61 Å². The summed E-state index contributed by atoms with van der Waals surface area (Å²) in [6.45, 7) is 7.96. The first-order chi connectivity index (χ1) is 12.8. The monoisotopic (exact) mass is 372 g/mol. The Morgan fingerprint density at radius 3 is 2.22 bits per heavy atom. The van der Waals surface area contributed by atoms with Gasteiger partial charge in [0.1, 0.15) is 5.69 Å². The van der Waals surface area contributed by atoms with E-state index in [1.165, 1.54) is 38.5 Å². The van der Waals surface area contributed by atoms with E-state index in [2.05, 4.69) is 17.2 Å². The van der Waals surface area contributed by atoms with Crippen molar-refractivity contribution in [1.82, 2.24) is 10.3 Å². The topological polar surface area (TPSA) is 71.2 Å². The van der Waals surface area contributed by atoms with Crippen molar-refractivity contribution in [1.29, 1.82) is 0 Å². The number of carbonyl (C=O) groups excluding carboxylic acids is 2. The third-order valence-corrected chi connectivity index (χ3v) is 7.50. The highest BCUT2D eigenvalue weighted by molar-refractivity contribution is 6.01. The van der Waals surface area contributed by atoms with Crippen molar-refractivity contribution in [3.63, 3.8) is 0 Å². The van der Waals surface area contributed by atoms with Crippen molar-refractivity contribution in [2.45, 2.75) is 72.3 Å². The second-order valence-electron chi connectivity index (χ2n) is 9.32. The summed E-state index contributed by atoms with van der Waals surface area (Å²) >= 11 is 0. The molecule has 4 aliphatic rings. The van der Waals surface area contributed by atoms with E-state index in [4.69, 9.17) is 4.74 Å². The number of carbonyl (C=O) groups is 2. The molecule has 0 aliphatic heterocycles. The van der Waals surface area contributed by atoms with E-state index in [1.54, 1.807) is 6.92 Å². The number of rotatable bonds is 5. The van der Waals surface area contributed by atoms with E-state index in [9.17, 15) is 9.59 Å². The fourth-order valence-electron chi connectivity index (χ4n) is 6.63. The Morgan fingerprint density at radius 1 is 1.15 bits per heavy atom. The minimum absolute atomic E-state index is 0.0694. The minimum Gasteiger partial charge on any atom is -0.461 e. The average molecular weight is 373 g/mol. The predicted octanol–water partition coefficient (Wildman–Crippen LogP) is 4.14. The van der Waals surface area contributed by atoms with Crippen LogP contribution in [-0.2, 0) is 4.74 Å². The molecular formula is C22H32N2O3. The van der Waals surface area contributed by atoms with Gasteiger partial charge in [-0.15, -0.1) is 0 Å². The molecule has 1 heterocycles. The lowest BCUT2D eigenvalue weighted by Gasteiger charge is -2.59. The van der Waals surface area contributed by atoms with Gasteiger partial charge in [-0.25, -0.2) is 4.79 Å². The van der Waals surface area contributed by atoms with Gasteiger partial charge in [0.05, 0.1) is 12.2 Å². The van der Waals surface area contributed by atoms with Gasteiger partial charge in [0.15, 0.2) is 0 Å². The van der Waals surface area contributed by atoms with Gasteiger partial charge >= 0.3 is 5.97 Å². The first-order valence-electron chi connectivity index (χ1n) is 10.5. The maximum absolute atomic E-state index is 13.1. The molecule has 0 radical (unpaired) electrons. The van der Waals surface area contributed by atoms with Crippen molar-refractivity contribution in [3.8, 4) is 0 Å². The largest absolute Gasteiger partial charge is 0.461 e. The van der Waals surface area contributed by atoms with Crippen LogP contribution in [0, 0.1) is 37.0 Å². The molecule has 5 heteroatoms. The zero-order chi connectivity index (χ0) is 19.3. The normalized spacial score (nSPS) is 32.4. The third kappa shape index (κ3) is 3.09. The van der Waals surface area contributed by atoms with Gasteiger partial charge in [0, 0.05) is 11.7 Å². The number of ether oxygens (including phenoxy) is 1. The first-order valence-corrected chi connectivity index (χ1v) is 10.5. The molecule has 5 rings (SSSR count). The van der Waals surface area contributed by atoms with Gasteiger partial charge in [-0.3, -0.25) is 4.79 Å². The van der Waals surface area contributed by atoms with Crippen LogP contribution >= 0.6 is 0 Å². The van der Waals surface area contributed by atoms with Crippen LogP contribution in [0.4, 0.5) is 0 Å². The summed E-state index contributed by atoms with van der Waals surface area (Å²) < 4.78 is 5.10. The maximum Gasteiger partial charge on any atom is 0.355 e. The van der Waals surface area contributed by atoms with Crippen LogP contribution in [0.3, 0.4) is 0 Å². The molecule has 148 valence electrons. The lowest BCUT2D eigenvalue weighted by Crippen LogP contribution is -2.55. The molecule has 0 aromatic carbocycles. The number of aromatic nitrogens is 1. The first kappa shape index (κ1) is 18.6. The van der Waals surface area contributed by atoms with Gasteiger partial charge in [0.25, 0.3) is 5.91 Å². The molecule has 0 unspecified atom stereocenters. The summed E-state index contributed by atoms with van der Waals surface area (Å²) in [5, 5.41) is 3.31. The van der Waals surface area contributed by atoms with E-state index in [0.29, 0.717) is 23.4 Å². The summed E-state index contributed by atoms with van der Waals surface area (Å²) in [4.78, 5) is 28.3.